The summed E-state index contributed by atoms with van der Waals surface area (Å²) in [6.45, 7) is 2.34. The molecule has 0 aliphatic carbocycles. The van der Waals surface area contributed by atoms with Crippen molar-refractivity contribution < 1.29 is 4.79 Å². The molecule has 0 saturated carbocycles. The molecule has 2 N–H and O–H groups in total. The highest BCUT2D eigenvalue weighted by Gasteiger charge is 2.02. The lowest BCUT2D eigenvalue weighted by molar-refractivity contribution is -0.114. The molecule has 0 aromatic heterocycles. The van der Waals surface area contributed by atoms with Crippen LogP contribution in [-0.4, -0.2) is 12.5 Å². The van der Waals surface area contributed by atoms with Crippen molar-refractivity contribution in [2.75, 3.05) is 17.2 Å². The van der Waals surface area contributed by atoms with Crippen molar-refractivity contribution in [2.24, 2.45) is 0 Å². The quantitative estimate of drug-likeness (QED) is 0.874. The molecule has 2 rings (SSSR count). The molecule has 1 amide bonds. The van der Waals surface area contributed by atoms with Crippen LogP contribution in [0.5, 0.6) is 0 Å². The highest BCUT2D eigenvalue weighted by molar-refractivity contribution is 6.30. The van der Waals surface area contributed by atoms with Crippen LogP contribution in [0.1, 0.15) is 12.5 Å². The average Bonchev–Trinajstić information content (AvgIpc) is 2.48. The van der Waals surface area contributed by atoms with Gasteiger partial charge < -0.3 is 10.6 Å². The maximum atomic E-state index is 11.8. The molecule has 20 heavy (non-hydrogen) atoms. The normalized spacial score (nSPS) is 10.1. The summed E-state index contributed by atoms with van der Waals surface area (Å²) in [6.07, 6.45) is 0.979. The number of anilines is 2. The molecule has 0 spiro atoms. The van der Waals surface area contributed by atoms with Gasteiger partial charge in [-0.1, -0.05) is 30.7 Å². The van der Waals surface area contributed by atoms with Gasteiger partial charge >= 0.3 is 0 Å². The van der Waals surface area contributed by atoms with E-state index < -0.39 is 0 Å². The van der Waals surface area contributed by atoms with E-state index >= 15 is 0 Å². The zero-order valence-corrected chi connectivity index (χ0v) is 12.1. The third kappa shape index (κ3) is 4.28. The van der Waals surface area contributed by atoms with E-state index in [9.17, 15) is 4.79 Å². The highest BCUT2D eigenvalue weighted by Crippen LogP contribution is 2.14. The summed E-state index contributed by atoms with van der Waals surface area (Å²) < 4.78 is 0. The molecule has 2 aromatic carbocycles. The molecule has 0 bridgehead atoms. The second kappa shape index (κ2) is 6.96. The Morgan fingerprint density at radius 1 is 1.10 bits per heavy atom. The van der Waals surface area contributed by atoms with Crippen molar-refractivity contribution in [2.45, 2.75) is 13.3 Å². The Hall–Kier alpha value is -2.00. The second-order valence-corrected chi connectivity index (χ2v) is 4.90. The smallest absolute Gasteiger partial charge is 0.243 e. The molecule has 0 aliphatic rings. The lowest BCUT2D eigenvalue weighted by atomic mass is 10.1. The van der Waals surface area contributed by atoms with E-state index in [1.807, 2.05) is 12.1 Å². The summed E-state index contributed by atoms with van der Waals surface area (Å²) in [5.74, 6) is -0.0887. The first-order valence-electron chi connectivity index (χ1n) is 6.55. The largest absolute Gasteiger partial charge is 0.376 e. The number of aryl methyl sites for hydroxylation is 1. The lowest BCUT2D eigenvalue weighted by Gasteiger charge is -2.09. The van der Waals surface area contributed by atoms with Gasteiger partial charge in [0, 0.05) is 16.4 Å². The predicted molar refractivity (Wildman–Crippen MR) is 84.4 cm³/mol. The monoisotopic (exact) mass is 288 g/mol. The first-order chi connectivity index (χ1) is 9.67. The van der Waals surface area contributed by atoms with E-state index in [4.69, 9.17) is 11.6 Å². The number of carbonyl (C=O) groups is 1. The topological polar surface area (TPSA) is 41.1 Å². The van der Waals surface area contributed by atoms with Gasteiger partial charge in [0.05, 0.1) is 6.54 Å². The molecule has 0 unspecified atom stereocenters. The minimum Gasteiger partial charge on any atom is -0.376 e. The van der Waals surface area contributed by atoms with Crippen molar-refractivity contribution in [3.8, 4) is 0 Å². The zero-order valence-electron chi connectivity index (χ0n) is 11.3. The van der Waals surface area contributed by atoms with Gasteiger partial charge in [0.25, 0.3) is 0 Å². The van der Waals surface area contributed by atoms with Crippen LogP contribution in [0.4, 0.5) is 11.4 Å². The summed E-state index contributed by atoms with van der Waals surface area (Å²) in [6, 6.07) is 15.1. The van der Waals surface area contributed by atoms with Crippen molar-refractivity contribution in [3.05, 3.63) is 59.1 Å². The molecule has 104 valence electrons. The van der Waals surface area contributed by atoms with E-state index in [-0.39, 0.29) is 12.5 Å². The van der Waals surface area contributed by atoms with E-state index in [1.54, 1.807) is 24.3 Å². The fourth-order valence-electron chi connectivity index (χ4n) is 1.82. The Morgan fingerprint density at radius 2 is 1.85 bits per heavy atom. The van der Waals surface area contributed by atoms with E-state index in [2.05, 4.69) is 29.7 Å². The van der Waals surface area contributed by atoms with Crippen LogP contribution < -0.4 is 10.6 Å². The number of halogens is 1. The van der Waals surface area contributed by atoms with E-state index in [0.29, 0.717) is 5.02 Å². The standard InChI is InChI=1S/C16H17ClN2O/c1-2-12-4-3-5-15(10-12)18-11-16(20)19-14-8-6-13(17)7-9-14/h3-10,18H,2,11H2,1H3,(H,19,20). The van der Waals surface area contributed by atoms with Gasteiger partial charge in [0.15, 0.2) is 0 Å². The summed E-state index contributed by atoms with van der Waals surface area (Å²) in [4.78, 5) is 11.8. The average molecular weight is 289 g/mol. The fraction of sp³-hybridized carbons (Fsp3) is 0.188. The summed E-state index contributed by atoms with van der Waals surface area (Å²) in [5.41, 5.74) is 2.94. The van der Waals surface area contributed by atoms with Crippen molar-refractivity contribution in [3.63, 3.8) is 0 Å². The van der Waals surface area contributed by atoms with Gasteiger partial charge in [-0.05, 0) is 48.4 Å². The molecular formula is C16H17ClN2O. The molecule has 0 atom stereocenters. The van der Waals surface area contributed by atoms with Gasteiger partial charge in [-0.15, -0.1) is 0 Å². The Bertz CT molecular complexity index is 581. The lowest BCUT2D eigenvalue weighted by Crippen LogP contribution is -2.21. The Labute approximate surface area is 124 Å². The first kappa shape index (κ1) is 14.4. The van der Waals surface area contributed by atoms with Crippen LogP contribution >= 0.6 is 11.6 Å². The van der Waals surface area contributed by atoms with Crippen LogP contribution in [0.15, 0.2) is 48.5 Å². The summed E-state index contributed by atoms with van der Waals surface area (Å²) >= 11 is 5.79. The summed E-state index contributed by atoms with van der Waals surface area (Å²) in [7, 11) is 0. The molecule has 0 saturated heterocycles. The Balaban J connectivity index is 1.87. The number of rotatable bonds is 5. The maximum absolute atomic E-state index is 11.8. The van der Waals surface area contributed by atoms with Crippen LogP contribution in [0.3, 0.4) is 0 Å². The predicted octanol–water partition coefficient (Wildman–Crippen LogP) is 3.95. The van der Waals surface area contributed by atoms with Crippen LogP contribution in [-0.2, 0) is 11.2 Å². The molecular weight excluding hydrogens is 272 g/mol. The molecule has 4 heteroatoms. The van der Waals surface area contributed by atoms with Crippen molar-refractivity contribution in [1.29, 1.82) is 0 Å². The first-order valence-corrected chi connectivity index (χ1v) is 6.93. The number of hydrogen-bond donors (Lipinski definition) is 2. The Morgan fingerprint density at radius 3 is 2.55 bits per heavy atom. The summed E-state index contributed by atoms with van der Waals surface area (Å²) in [5, 5.41) is 6.57. The number of nitrogens with one attached hydrogen (secondary N) is 2. The Kier molecular flexibility index (Phi) is 5.02. The van der Waals surface area contributed by atoms with Gasteiger partial charge in [-0.2, -0.15) is 0 Å². The number of carbonyl (C=O) groups excluding carboxylic acids is 1. The molecule has 0 fully saturated rings. The second-order valence-electron chi connectivity index (χ2n) is 4.46. The van der Waals surface area contributed by atoms with Crippen molar-refractivity contribution >= 4 is 28.9 Å². The molecule has 0 radical (unpaired) electrons. The SMILES string of the molecule is CCc1cccc(NCC(=O)Nc2ccc(Cl)cc2)c1. The maximum Gasteiger partial charge on any atom is 0.243 e. The van der Waals surface area contributed by atoms with E-state index in [1.165, 1.54) is 5.56 Å². The van der Waals surface area contributed by atoms with Crippen molar-refractivity contribution in [1.82, 2.24) is 0 Å². The van der Waals surface area contributed by atoms with Gasteiger partial charge in [0.2, 0.25) is 5.91 Å². The van der Waals surface area contributed by atoms with E-state index in [0.717, 1.165) is 17.8 Å². The number of hydrogen-bond acceptors (Lipinski definition) is 2. The number of benzene rings is 2. The van der Waals surface area contributed by atoms with Gasteiger partial charge in [-0.25, -0.2) is 0 Å². The minimum absolute atomic E-state index is 0.0887. The molecule has 0 heterocycles. The van der Waals surface area contributed by atoms with Gasteiger partial charge in [-0.3, -0.25) is 4.79 Å². The third-order valence-corrected chi connectivity index (χ3v) is 3.17. The highest BCUT2D eigenvalue weighted by atomic mass is 35.5. The number of amides is 1. The van der Waals surface area contributed by atoms with Crippen LogP contribution in [0.2, 0.25) is 5.02 Å². The molecule has 0 aliphatic heterocycles. The van der Waals surface area contributed by atoms with Gasteiger partial charge in [0.1, 0.15) is 0 Å². The minimum atomic E-state index is -0.0887. The molecule has 3 nitrogen and oxygen atoms in total. The fourth-order valence-corrected chi connectivity index (χ4v) is 1.95. The van der Waals surface area contributed by atoms with Crippen LogP contribution in [0.25, 0.3) is 0 Å². The zero-order chi connectivity index (χ0) is 14.4. The van der Waals surface area contributed by atoms with Crippen LogP contribution in [0, 0.1) is 0 Å². The molecule has 2 aromatic rings. The third-order valence-electron chi connectivity index (χ3n) is 2.92.